The van der Waals surface area contributed by atoms with E-state index >= 15 is 0 Å². The summed E-state index contributed by atoms with van der Waals surface area (Å²) in [5.41, 5.74) is 5.57. The quantitative estimate of drug-likeness (QED) is 0.644. The van der Waals surface area contributed by atoms with Gasteiger partial charge in [-0.05, 0) is 24.3 Å². The molecule has 1 aromatic rings. The van der Waals surface area contributed by atoms with Crippen LogP contribution in [0.3, 0.4) is 0 Å². The predicted octanol–water partition coefficient (Wildman–Crippen LogP) is 2.81. The van der Waals surface area contributed by atoms with Gasteiger partial charge < -0.3 is 11.1 Å². The zero-order valence-corrected chi connectivity index (χ0v) is 11.1. The summed E-state index contributed by atoms with van der Waals surface area (Å²) in [6.07, 6.45) is 4.93. The van der Waals surface area contributed by atoms with Gasteiger partial charge in [0, 0.05) is 12.6 Å². The fourth-order valence-electron chi connectivity index (χ4n) is 2.67. The number of rotatable bonds is 4. The van der Waals surface area contributed by atoms with E-state index in [1.165, 1.54) is 37.8 Å². The van der Waals surface area contributed by atoms with E-state index in [9.17, 15) is 10.1 Å². The van der Waals surface area contributed by atoms with E-state index in [4.69, 9.17) is 5.73 Å². The Hall–Kier alpha value is -1.85. The Morgan fingerprint density at radius 1 is 1.47 bits per heavy atom. The highest BCUT2D eigenvalue weighted by molar-refractivity contribution is 5.59. The number of hydrogen-bond acceptors (Lipinski definition) is 5. The van der Waals surface area contributed by atoms with Crippen LogP contribution in [0.25, 0.3) is 0 Å². The first-order valence-electron chi connectivity index (χ1n) is 6.72. The minimum absolute atomic E-state index is 0.0161. The largest absolute Gasteiger partial charge is 0.384 e. The molecule has 0 amide bonds. The van der Waals surface area contributed by atoms with Gasteiger partial charge in [-0.2, -0.15) is 0 Å². The number of anilines is 2. The molecule has 104 valence electrons. The van der Waals surface area contributed by atoms with Crippen molar-refractivity contribution in [3.05, 3.63) is 22.2 Å². The van der Waals surface area contributed by atoms with E-state index in [-0.39, 0.29) is 11.5 Å². The molecule has 0 radical (unpaired) electrons. The van der Waals surface area contributed by atoms with Crippen LogP contribution in [0, 0.1) is 22.0 Å². The Morgan fingerprint density at radius 2 is 2.21 bits per heavy atom. The first-order chi connectivity index (χ1) is 9.08. The van der Waals surface area contributed by atoms with Gasteiger partial charge in [0.05, 0.1) is 4.92 Å². The summed E-state index contributed by atoms with van der Waals surface area (Å²) in [5.74, 6) is 1.78. The number of nitrogen functional groups attached to an aromatic ring is 1. The second kappa shape index (κ2) is 5.86. The summed E-state index contributed by atoms with van der Waals surface area (Å²) in [6, 6.07) is 2.85. The number of hydrogen-bond donors (Lipinski definition) is 2. The van der Waals surface area contributed by atoms with Crippen LogP contribution >= 0.6 is 0 Å². The van der Waals surface area contributed by atoms with Crippen LogP contribution in [0.15, 0.2) is 12.1 Å². The van der Waals surface area contributed by atoms with Crippen LogP contribution in [0.4, 0.5) is 17.3 Å². The fourth-order valence-corrected chi connectivity index (χ4v) is 2.67. The number of nitrogens with one attached hydrogen (secondary N) is 1. The second-order valence-corrected chi connectivity index (χ2v) is 5.26. The number of nitrogens with two attached hydrogens (primary N) is 1. The van der Waals surface area contributed by atoms with E-state index < -0.39 is 4.92 Å². The molecule has 19 heavy (non-hydrogen) atoms. The summed E-state index contributed by atoms with van der Waals surface area (Å²) in [4.78, 5) is 14.5. The molecule has 0 aromatic carbocycles. The Kier molecular flexibility index (Phi) is 4.19. The van der Waals surface area contributed by atoms with Crippen LogP contribution < -0.4 is 11.1 Å². The average Bonchev–Trinajstić information content (AvgIpc) is 2.37. The van der Waals surface area contributed by atoms with E-state index in [1.807, 2.05) is 0 Å². The van der Waals surface area contributed by atoms with Gasteiger partial charge in [-0.15, -0.1) is 0 Å². The van der Waals surface area contributed by atoms with Crippen molar-refractivity contribution >= 4 is 17.3 Å². The topological polar surface area (TPSA) is 94.1 Å². The molecule has 2 atom stereocenters. The molecule has 0 bridgehead atoms. The maximum atomic E-state index is 10.9. The van der Waals surface area contributed by atoms with Crippen LogP contribution in [-0.4, -0.2) is 16.5 Å². The number of nitrogens with zero attached hydrogens (tertiary/aromatic N) is 2. The van der Waals surface area contributed by atoms with E-state index in [0.717, 1.165) is 6.54 Å². The van der Waals surface area contributed by atoms with Crippen molar-refractivity contribution < 1.29 is 4.92 Å². The third-order valence-corrected chi connectivity index (χ3v) is 3.91. The highest BCUT2D eigenvalue weighted by atomic mass is 16.6. The highest BCUT2D eigenvalue weighted by Gasteiger charge is 2.22. The van der Waals surface area contributed by atoms with Crippen LogP contribution in [0.1, 0.15) is 32.6 Å². The van der Waals surface area contributed by atoms with Gasteiger partial charge in [0.1, 0.15) is 5.82 Å². The molecule has 1 fully saturated rings. The summed E-state index contributed by atoms with van der Waals surface area (Å²) in [6.45, 7) is 2.96. The lowest BCUT2D eigenvalue weighted by Gasteiger charge is -2.28. The van der Waals surface area contributed by atoms with Crippen LogP contribution in [-0.2, 0) is 0 Å². The molecule has 3 N–H and O–H groups in total. The number of nitro groups is 1. The van der Waals surface area contributed by atoms with Gasteiger partial charge >= 0.3 is 5.69 Å². The zero-order chi connectivity index (χ0) is 13.8. The van der Waals surface area contributed by atoms with E-state index in [2.05, 4.69) is 17.2 Å². The molecule has 6 heteroatoms. The minimum atomic E-state index is -0.431. The van der Waals surface area contributed by atoms with Crippen molar-refractivity contribution in [2.24, 2.45) is 11.8 Å². The first kappa shape index (κ1) is 13.6. The molecule has 6 nitrogen and oxygen atoms in total. The van der Waals surface area contributed by atoms with Crippen molar-refractivity contribution in [3.63, 3.8) is 0 Å². The third-order valence-electron chi connectivity index (χ3n) is 3.91. The SMILES string of the molecule is CC1CCCCC1CNc1nc(N)ccc1[N+](=O)[O-]. The number of pyridine rings is 1. The minimum Gasteiger partial charge on any atom is -0.384 e. The molecule has 1 saturated carbocycles. The Labute approximate surface area is 112 Å². The third kappa shape index (κ3) is 3.33. The molecule has 1 aromatic heterocycles. The summed E-state index contributed by atoms with van der Waals surface area (Å²) < 4.78 is 0. The van der Waals surface area contributed by atoms with E-state index in [0.29, 0.717) is 17.7 Å². The van der Waals surface area contributed by atoms with Gasteiger partial charge in [-0.1, -0.05) is 26.2 Å². The maximum absolute atomic E-state index is 10.9. The second-order valence-electron chi connectivity index (χ2n) is 5.26. The van der Waals surface area contributed by atoms with Gasteiger partial charge in [0.25, 0.3) is 0 Å². The van der Waals surface area contributed by atoms with Crippen LogP contribution in [0.2, 0.25) is 0 Å². The molecule has 2 unspecified atom stereocenters. The predicted molar refractivity (Wildman–Crippen MR) is 74.9 cm³/mol. The number of aromatic nitrogens is 1. The molecule has 1 heterocycles. The highest BCUT2D eigenvalue weighted by Crippen LogP contribution is 2.30. The lowest BCUT2D eigenvalue weighted by Crippen LogP contribution is -2.25. The maximum Gasteiger partial charge on any atom is 0.311 e. The molecular formula is C13H20N4O2. The van der Waals surface area contributed by atoms with Gasteiger partial charge in [-0.25, -0.2) is 4.98 Å². The molecule has 0 spiro atoms. The Bertz CT molecular complexity index is 464. The smallest absolute Gasteiger partial charge is 0.311 e. The van der Waals surface area contributed by atoms with Crippen LogP contribution in [0.5, 0.6) is 0 Å². The lowest BCUT2D eigenvalue weighted by atomic mass is 9.80. The first-order valence-corrected chi connectivity index (χ1v) is 6.72. The van der Waals surface area contributed by atoms with Gasteiger partial charge in [0.2, 0.25) is 5.82 Å². The summed E-state index contributed by atoms with van der Waals surface area (Å²) >= 11 is 0. The normalized spacial score (nSPS) is 23.0. The monoisotopic (exact) mass is 264 g/mol. The average molecular weight is 264 g/mol. The standard InChI is InChI=1S/C13H20N4O2/c1-9-4-2-3-5-10(9)8-15-13-11(17(18)19)6-7-12(14)16-13/h6-7,9-10H,2-5,8H2,1H3,(H3,14,15,16). The molecule has 0 saturated heterocycles. The summed E-state index contributed by atoms with van der Waals surface area (Å²) in [7, 11) is 0. The lowest BCUT2D eigenvalue weighted by molar-refractivity contribution is -0.384. The molecule has 1 aliphatic carbocycles. The molecular weight excluding hydrogens is 244 g/mol. The molecule has 0 aliphatic heterocycles. The van der Waals surface area contributed by atoms with Crippen molar-refractivity contribution in [2.45, 2.75) is 32.6 Å². The van der Waals surface area contributed by atoms with Gasteiger partial charge in [-0.3, -0.25) is 10.1 Å². The van der Waals surface area contributed by atoms with E-state index in [1.54, 1.807) is 0 Å². The molecule has 1 aliphatic rings. The zero-order valence-electron chi connectivity index (χ0n) is 11.1. The summed E-state index contributed by atoms with van der Waals surface area (Å²) in [5, 5.41) is 14.0. The fraction of sp³-hybridized carbons (Fsp3) is 0.615. The van der Waals surface area contributed by atoms with Crippen molar-refractivity contribution in [3.8, 4) is 0 Å². The van der Waals surface area contributed by atoms with Crippen molar-refractivity contribution in [2.75, 3.05) is 17.6 Å². The Morgan fingerprint density at radius 3 is 2.89 bits per heavy atom. The van der Waals surface area contributed by atoms with Gasteiger partial charge in [0.15, 0.2) is 0 Å². The molecule has 2 rings (SSSR count). The van der Waals surface area contributed by atoms with Crippen molar-refractivity contribution in [1.82, 2.24) is 4.98 Å². The Balaban J connectivity index is 2.05. The van der Waals surface area contributed by atoms with Crippen molar-refractivity contribution in [1.29, 1.82) is 0 Å².